The lowest BCUT2D eigenvalue weighted by molar-refractivity contribution is 0.205. The van der Waals surface area contributed by atoms with Crippen molar-refractivity contribution in [2.24, 2.45) is 5.41 Å². The quantitative estimate of drug-likeness (QED) is 0.458. The molecular formula is C15H16BrNO4S. The summed E-state index contributed by atoms with van der Waals surface area (Å²) >= 11 is 3.19. The van der Waals surface area contributed by atoms with Crippen LogP contribution in [0.5, 0.6) is 0 Å². The number of rotatable bonds is 1. The normalized spacial score (nSPS) is 10.4. The van der Waals surface area contributed by atoms with Gasteiger partial charge in [-0.15, -0.1) is 0 Å². The van der Waals surface area contributed by atoms with Crippen LogP contribution in [0.2, 0.25) is 0 Å². The molecule has 0 heterocycles. The van der Waals surface area contributed by atoms with Gasteiger partial charge in [0.15, 0.2) is 4.99 Å². The van der Waals surface area contributed by atoms with Crippen LogP contribution in [0.3, 0.4) is 0 Å². The highest BCUT2D eigenvalue weighted by molar-refractivity contribution is 9.09. The summed E-state index contributed by atoms with van der Waals surface area (Å²) in [7, 11) is -2.66. The summed E-state index contributed by atoms with van der Waals surface area (Å²) in [4.78, 5) is 12.1. The standard InChI is InChI=1S/C15H16BrNO4S/c1-15(2,3)13(22(20)21)17(14(18)19)12-8-6-11(7-9-12)5-4-10-16/h6-9H,10H2,1-3H3,(H,18,19). The average Bonchev–Trinajstić information content (AvgIpc) is 2.41. The molecular weight excluding hydrogens is 370 g/mol. The molecule has 0 unspecified atom stereocenters. The van der Waals surface area contributed by atoms with Gasteiger partial charge in [-0.1, -0.05) is 48.5 Å². The first-order chi connectivity index (χ1) is 10.2. The molecule has 0 fully saturated rings. The number of hydrogen-bond donors (Lipinski definition) is 1. The van der Waals surface area contributed by atoms with E-state index in [1.54, 1.807) is 32.9 Å². The van der Waals surface area contributed by atoms with Gasteiger partial charge < -0.3 is 5.11 Å². The van der Waals surface area contributed by atoms with E-state index in [2.05, 4.69) is 27.8 Å². The Labute approximate surface area is 139 Å². The lowest BCUT2D eigenvalue weighted by Crippen LogP contribution is -2.43. The first-order valence-corrected chi connectivity index (χ1v) is 8.52. The van der Waals surface area contributed by atoms with E-state index in [9.17, 15) is 18.3 Å². The highest BCUT2D eigenvalue weighted by Gasteiger charge is 2.32. The zero-order valence-electron chi connectivity index (χ0n) is 12.4. The number of alkyl halides is 1. The number of nitrogens with zero attached hydrogens (tertiary/aromatic N) is 1. The first-order valence-electron chi connectivity index (χ1n) is 6.33. The SMILES string of the molecule is CC(C)(C)C(N(C(=O)O)c1ccc(C#CCBr)cc1)=S(=O)=O. The second kappa shape index (κ2) is 7.47. The van der Waals surface area contributed by atoms with Crippen molar-refractivity contribution in [2.75, 3.05) is 10.2 Å². The monoisotopic (exact) mass is 385 g/mol. The molecule has 1 aromatic rings. The summed E-state index contributed by atoms with van der Waals surface area (Å²) in [6, 6.07) is 6.36. The molecule has 0 aliphatic carbocycles. The molecule has 0 radical (unpaired) electrons. The Morgan fingerprint density at radius 2 is 1.82 bits per heavy atom. The Hall–Kier alpha value is -1.78. The number of benzene rings is 1. The molecule has 5 nitrogen and oxygen atoms in total. The minimum Gasteiger partial charge on any atom is -0.464 e. The zero-order valence-corrected chi connectivity index (χ0v) is 14.8. The minimum atomic E-state index is -2.66. The van der Waals surface area contributed by atoms with Crippen molar-refractivity contribution in [3.8, 4) is 11.8 Å². The van der Waals surface area contributed by atoms with Crippen molar-refractivity contribution in [3.63, 3.8) is 0 Å². The first kappa shape index (κ1) is 18.3. The van der Waals surface area contributed by atoms with Crippen molar-refractivity contribution in [1.82, 2.24) is 0 Å². The van der Waals surface area contributed by atoms with Crippen LogP contribution in [0, 0.1) is 17.3 Å². The summed E-state index contributed by atoms with van der Waals surface area (Å²) in [6.07, 6.45) is -1.35. The molecule has 0 saturated heterocycles. The van der Waals surface area contributed by atoms with Gasteiger partial charge in [-0.05, 0) is 24.3 Å². The Morgan fingerprint density at radius 3 is 2.18 bits per heavy atom. The second-order valence-electron chi connectivity index (χ2n) is 5.39. The maximum atomic E-state index is 11.5. The van der Waals surface area contributed by atoms with E-state index in [0.717, 1.165) is 4.90 Å². The number of carbonyl (C=O) groups is 1. The third-order valence-corrected chi connectivity index (χ3v) is 4.01. The molecule has 0 aliphatic rings. The Morgan fingerprint density at radius 1 is 1.27 bits per heavy atom. The van der Waals surface area contributed by atoms with E-state index in [1.807, 2.05) is 0 Å². The van der Waals surface area contributed by atoms with E-state index < -0.39 is 21.8 Å². The predicted octanol–water partition coefficient (Wildman–Crippen LogP) is 2.97. The Balaban J connectivity index is 3.40. The summed E-state index contributed by atoms with van der Waals surface area (Å²) in [5.41, 5.74) is 0.125. The average molecular weight is 386 g/mol. The lowest BCUT2D eigenvalue weighted by Gasteiger charge is -2.28. The van der Waals surface area contributed by atoms with Gasteiger partial charge in [0.25, 0.3) is 0 Å². The molecule has 22 heavy (non-hydrogen) atoms. The number of halogens is 1. The van der Waals surface area contributed by atoms with Gasteiger partial charge in [0.1, 0.15) is 0 Å². The van der Waals surface area contributed by atoms with E-state index in [4.69, 9.17) is 0 Å². The maximum absolute atomic E-state index is 11.5. The molecule has 118 valence electrons. The zero-order chi connectivity index (χ0) is 16.9. The minimum absolute atomic E-state index is 0.209. The molecule has 0 aromatic heterocycles. The largest absolute Gasteiger partial charge is 0.464 e. The van der Waals surface area contributed by atoms with Gasteiger partial charge in [-0.25, -0.2) is 9.69 Å². The van der Waals surface area contributed by atoms with Crippen molar-refractivity contribution in [1.29, 1.82) is 0 Å². The smallest absolute Gasteiger partial charge is 0.417 e. The van der Waals surface area contributed by atoms with E-state index >= 15 is 0 Å². The topological polar surface area (TPSA) is 74.7 Å². The van der Waals surface area contributed by atoms with Crippen LogP contribution < -0.4 is 4.90 Å². The van der Waals surface area contributed by atoms with Gasteiger partial charge in [-0.3, -0.25) is 0 Å². The molecule has 1 N–H and O–H groups in total. The van der Waals surface area contributed by atoms with Crippen LogP contribution in [0.1, 0.15) is 26.3 Å². The van der Waals surface area contributed by atoms with Crippen LogP contribution in [0.4, 0.5) is 10.5 Å². The fraction of sp³-hybridized carbons (Fsp3) is 0.333. The van der Waals surface area contributed by atoms with Crippen LogP contribution >= 0.6 is 15.9 Å². The molecule has 7 heteroatoms. The Bertz CT molecular complexity index is 741. The fourth-order valence-corrected chi connectivity index (χ4v) is 2.78. The van der Waals surface area contributed by atoms with Crippen molar-refractivity contribution >= 4 is 43.0 Å². The summed E-state index contributed by atoms with van der Waals surface area (Å²) in [5, 5.41) is 9.95. The Kier molecular flexibility index (Phi) is 6.21. The third-order valence-electron chi connectivity index (χ3n) is 2.62. The summed E-state index contributed by atoms with van der Waals surface area (Å²) in [5.74, 6) is 5.71. The number of anilines is 1. The highest BCUT2D eigenvalue weighted by Crippen LogP contribution is 2.24. The van der Waals surface area contributed by atoms with Crippen LogP contribution in [0.25, 0.3) is 0 Å². The van der Waals surface area contributed by atoms with Gasteiger partial charge in [-0.2, -0.15) is 8.42 Å². The third kappa shape index (κ3) is 4.61. The number of amides is 1. The van der Waals surface area contributed by atoms with Gasteiger partial charge in [0.05, 0.1) is 11.0 Å². The van der Waals surface area contributed by atoms with Gasteiger partial charge in [0, 0.05) is 11.0 Å². The van der Waals surface area contributed by atoms with Crippen LogP contribution in [-0.2, 0) is 10.3 Å². The number of carboxylic acid groups (broad SMARTS) is 1. The van der Waals surface area contributed by atoms with Crippen LogP contribution in [-0.4, -0.2) is 29.9 Å². The molecule has 0 spiro atoms. The van der Waals surface area contributed by atoms with E-state index in [1.165, 1.54) is 12.1 Å². The molecule has 0 saturated carbocycles. The summed E-state index contributed by atoms with van der Waals surface area (Å²) in [6.45, 7) is 4.93. The van der Waals surface area contributed by atoms with E-state index in [-0.39, 0.29) is 10.7 Å². The fourth-order valence-electron chi connectivity index (χ4n) is 1.80. The highest BCUT2D eigenvalue weighted by atomic mass is 79.9. The van der Waals surface area contributed by atoms with E-state index in [0.29, 0.717) is 10.9 Å². The molecule has 1 rings (SSSR count). The number of hydrogen-bond acceptors (Lipinski definition) is 3. The van der Waals surface area contributed by atoms with Gasteiger partial charge >= 0.3 is 6.09 Å². The molecule has 1 aromatic carbocycles. The summed E-state index contributed by atoms with van der Waals surface area (Å²) < 4.78 is 23.0. The van der Waals surface area contributed by atoms with Crippen molar-refractivity contribution < 1.29 is 18.3 Å². The molecule has 0 aliphatic heterocycles. The van der Waals surface area contributed by atoms with Crippen molar-refractivity contribution in [3.05, 3.63) is 29.8 Å². The lowest BCUT2D eigenvalue weighted by atomic mass is 9.95. The van der Waals surface area contributed by atoms with Gasteiger partial charge in [0.2, 0.25) is 10.3 Å². The van der Waals surface area contributed by atoms with Crippen LogP contribution in [0.15, 0.2) is 24.3 Å². The molecule has 0 bridgehead atoms. The molecule has 1 amide bonds. The van der Waals surface area contributed by atoms with Crippen molar-refractivity contribution in [2.45, 2.75) is 20.8 Å². The predicted molar refractivity (Wildman–Crippen MR) is 91.0 cm³/mol. The second-order valence-corrected chi connectivity index (χ2v) is 6.81. The maximum Gasteiger partial charge on any atom is 0.417 e. The molecule has 0 atom stereocenters.